The van der Waals surface area contributed by atoms with Gasteiger partial charge in [0.05, 0.1) is 0 Å². The van der Waals surface area contributed by atoms with Crippen LogP contribution in [0.5, 0.6) is 0 Å². The fourth-order valence-corrected chi connectivity index (χ4v) is 4.01. The van der Waals surface area contributed by atoms with Gasteiger partial charge in [0.1, 0.15) is 0 Å². The van der Waals surface area contributed by atoms with E-state index in [1.54, 1.807) is 28.7 Å². The maximum Gasteiger partial charge on any atom is 0.244 e. The highest BCUT2D eigenvalue weighted by molar-refractivity contribution is 7.17. The number of benzene rings is 1. The van der Waals surface area contributed by atoms with Gasteiger partial charge in [-0.05, 0) is 64.2 Å². The van der Waals surface area contributed by atoms with Gasteiger partial charge in [-0.15, -0.1) is 11.3 Å². The van der Waals surface area contributed by atoms with E-state index >= 15 is 0 Å². The summed E-state index contributed by atoms with van der Waals surface area (Å²) in [6, 6.07) is 10.5. The van der Waals surface area contributed by atoms with Gasteiger partial charge in [-0.2, -0.15) is 11.3 Å². The van der Waals surface area contributed by atoms with Gasteiger partial charge in [0.25, 0.3) is 0 Å². The van der Waals surface area contributed by atoms with Gasteiger partial charge >= 0.3 is 0 Å². The number of thiophene rings is 2. The summed E-state index contributed by atoms with van der Waals surface area (Å²) in [6.07, 6.45) is 4.30. The average Bonchev–Trinajstić information content (AvgIpc) is 3.15. The Morgan fingerprint density at radius 2 is 2.14 bits per heavy atom. The number of fused-ring (bicyclic) bond motifs is 1. The molecule has 4 heteroatoms. The Hall–Kier alpha value is -1.91. The predicted molar refractivity (Wildman–Crippen MR) is 96.5 cm³/mol. The van der Waals surface area contributed by atoms with Gasteiger partial charge in [0.15, 0.2) is 0 Å². The van der Waals surface area contributed by atoms with Crippen molar-refractivity contribution in [3.05, 3.63) is 63.7 Å². The second-order valence-electron chi connectivity index (χ2n) is 5.26. The molecule has 0 saturated carbocycles. The number of hydrogen-bond donors (Lipinski definition) is 1. The van der Waals surface area contributed by atoms with Crippen LogP contribution in [0.15, 0.2) is 52.5 Å². The maximum atomic E-state index is 11.9. The van der Waals surface area contributed by atoms with E-state index < -0.39 is 0 Å². The first kappa shape index (κ1) is 15.0. The van der Waals surface area contributed by atoms with Crippen molar-refractivity contribution in [2.45, 2.75) is 19.4 Å². The minimum absolute atomic E-state index is 0.0433. The highest BCUT2D eigenvalue weighted by atomic mass is 32.1. The van der Waals surface area contributed by atoms with Gasteiger partial charge in [0.2, 0.25) is 5.91 Å². The van der Waals surface area contributed by atoms with E-state index in [0.717, 1.165) is 12.0 Å². The quantitative estimate of drug-likeness (QED) is 0.675. The molecule has 3 rings (SSSR count). The molecular weight excluding hydrogens is 310 g/mol. The first-order valence-electron chi connectivity index (χ1n) is 7.18. The molecule has 2 aromatic heterocycles. The number of amides is 1. The Balaban J connectivity index is 1.60. The summed E-state index contributed by atoms with van der Waals surface area (Å²) in [5, 5.41) is 10.5. The molecule has 2 nitrogen and oxygen atoms in total. The molecule has 2 heterocycles. The van der Waals surface area contributed by atoms with E-state index in [2.05, 4.69) is 35.0 Å². The fraction of sp³-hybridized carbons (Fsp3) is 0.167. The lowest BCUT2D eigenvalue weighted by atomic mass is 10.1. The van der Waals surface area contributed by atoms with Crippen LogP contribution in [0.3, 0.4) is 0 Å². The lowest BCUT2D eigenvalue weighted by Gasteiger charge is -2.12. The largest absolute Gasteiger partial charge is 0.350 e. The van der Waals surface area contributed by atoms with Crippen LogP contribution in [-0.2, 0) is 11.2 Å². The van der Waals surface area contributed by atoms with Gasteiger partial charge in [-0.1, -0.05) is 18.2 Å². The van der Waals surface area contributed by atoms with Crippen LogP contribution in [0.4, 0.5) is 0 Å². The molecule has 1 N–H and O–H groups in total. The van der Waals surface area contributed by atoms with Crippen LogP contribution in [-0.4, -0.2) is 11.9 Å². The topological polar surface area (TPSA) is 29.1 Å². The first-order chi connectivity index (χ1) is 10.7. The van der Waals surface area contributed by atoms with Crippen LogP contribution in [0.2, 0.25) is 0 Å². The average molecular weight is 327 g/mol. The van der Waals surface area contributed by atoms with Gasteiger partial charge in [-0.3, -0.25) is 4.79 Å². The molecule has 0 spiro atoms. The first-order valence-corrected chi connectivity index (χ1v) is 9.00. The minimum atomic E-state index is -0.0433. The Kier molecular flexibility index (Phi) is 4.71. The minimum Gasteiger partial charge on any atom is -0.350 e. The lowest BCUT2D eigenvalue weighted by Crippen LogP contribution is -2.32. The molecule has 0 saturated heterocycles. The Morgan fingerprint density at radius 1 is 1.27 bits per heavy atom. The standard InChI is InChI=1S/C18H17NOS2/c1-13(19-18(20)7-6-14-8-9-21-11-14)10-15-12-22-17-5-3-2-4-16(15)17/h2-9,11-13H,10H2,1H3,(H,19,20)/b7-6+/t13-/m1/s1. The predicted octanol–water partition coefficient (Wildman–Crippen LogP) is 4.72. The number of carbonyl (C=O) groups excluding carboxylic acids is 1. The molecule has 1 aromatic carbocycles. The molecule has 3 aromatic rings. The van der Waals surface area contributed by atoms with E-state index in [0.29, 0.717) is 0 Å². The van der Waals surface area contributed by atoms with Crippen molar-refractivity contribution in [1.29, 1.82) is 0 Å². The molecule has 0 bridgehead atoms. The Bertz CT molecular complexity index is 786. The summed E-state index contributed by atoms with van der Waals surface area (Å²) in [6.45, 7) is 2.04. The normalized spacial score (nSPS) is 12.8. The molecule has 0 fully saturated rings. The van der Waals surface area contributed by atoms with Crippen molar-refractivity contribution < 1.29 is 4.79 Å². The van der Waals surface area contributed by atoms with Crippen LogP contribution < -0.4 is 5.32 Å². The summed E-state index contributed by atoms with van der Waals surface area (Å²) < 4.78 is 1.30. The molecule has 0 aliphatic carbocycles. The molecule has 112 valence electrons. The van der Waals surface area contributed by atoms with E-state index in [-0.39, 0.29) is 11.9 Å². The SMILES string of the molecule is C[C@H](Cc1csc2ccccc12)NC(=O)/C=C/c1ccsc1. The summed E-state index contributed by atoms with van der Waals surface area (Å²) in [4.78, 5) is 11.9. The molecule has 22 heavy (non-hydrogen) atoms. The van der Waals surface area contributed by atoms with Crippen molar-refractivity contribution in [3.63, 3.8) is 0 Å². The third-order valence-electron chi connectivity index (χ3n) is 3.45. The van der Waals surface area contributed by atoms with E-state index in [9.17, 15) is 4.79 Å². The van der Waals surface area contributed by atoms with Crippen molar-refractivity contribution in [2.24, 2.45) is 0 Å². The number of hydrogen-bond acceptors (Lipinski definition) is 3. The fourth-order valence-electron chi connectivity index (χ4n) is 2.40. The van der Waals surface area contributed by atoms with Crippen molar-refractivity contribution in [3.8, 4) is 0 Å². The van der Waals surface area contributed by atoms with E-state index in [4.69, 9.17) is 0 Å². The van der Waals surface area contributed by atoms with E-state index in [1.807, 2.05) is 29.8 Å². The zero-order valence-electron chi connectivity index (χ0n) is 12.3. The van der Waals surface area contributed by atoms with Gasteiger partial charge < -0.3 is 5.32 Å². The van der Waals surface area contributed by atoms with Crippen molar-refractivity contribution in [1.82, 2.24) is 5.32 Å². The molecular formula is C18H17NOS2. The number of nitrogens with one attached hydrogen (secondary N) is 1. The molecule has 0 aliphatic rings. The second kappa shape index (κ2) is 6.90. The molecule has 0 radical (unpaired) electrons. The zero-order valence-corrected chi connectivity index (χ0v) is 13.9. The third-order valence-corrected chi connectivity index (χ3v) is 5.16. The van der Waals surface area contributed by atoms with Crippen LogP contribution in [0, 0.1) is 0 Å². The second-order valence-corrected chi connectivity index (χ2v) is 6.95. The third kappa shape index (κ3) is 3.64. The Labute approximate surface area is 138 Å². The molecule has 1 atom stereocenters. The van der Waals surface area contributed by atoms with Crippen LogP contribution >= 0.6 is 22.7 Å². The molecule has 0 unspecified atom stereocenters. The smallest absolute Gasteiger partial charge is 0.244 e. The lowest BCUT2D eigenvalue weighted by molar-refractivity contribution is -0.117. The summed E-state index contributed by atoms with van der Waals surface area (Å²) in [5.74, 6) is -0.0433. The monoisotopic (exact) mass is 327 g/mol. The highest BCUT2D eigenvalue weighted by Gasteiger charge is 2.09. The summed E-state index contributed by atoms with van der Waals surface area (Å²) in [7, 11) is 0. The number of rotatable bonds is 5. The molecule has 0 aliphatic heterocycles. The zero-order chi connectivity index (χ0) is 15.4. The van der Waals surface area contributed by atoms with Gasteiger partial charge in [0, 0.05) is 16.8 Å². The Morgan fingerprint density at radius 3 is 2.95 bits per heavy atom. The molecule has 1 amide bonds. The van der Waals surface area contributed by atoms with Crippen LogP contribution in [0.25, 0.3) is 16.2 Å². The van der Waals surface area contributed by atoms with Gasteiger partial charge in [-0.25, -0.2) is 0 Å². The van der Waals surface area contributed by atoms with Crippen molar-refractivity contribution >= 4 is 44.7 Å². The summed E-state index contributed by atoms with van der Waals surface area (Å²) in [5.41, 5.74) is 2.37. The maximum absolute atomic E-state index is 11.9. The number of carbonyl (C=O) groups is 1. The van der Waals surface area contributed by atoms with Crippen molar-refractivity contribution in [2.75, 3.05) is 0 Å². The van der Waals surface area contributed by atoms with Crippen LogP contribution in [0.1, 0.15) is 18.1 Å². The highest BCUT2D eigenvalue weighted by Crippen LogP contribution is 2.26. The van der Waals surface area contributed by atoms with E-state index in [1.165, 1.54) is 15.6 Å². The summed E-state index contributed by atoms with van der Waals surface area (Å²) >= 11 is 3.39.